The molecule has 0 bridgehead atoms. The number of aryl methyl sites for hydroxylation is 1. The van der Waals surface area contributed by atoms with E-state index in [0.717, 1.165) is 22.5 Å². The van der Waals surface area contributed by atoms with E-state index in [-0.39, 0.29) is 12.5 Å². The fourth-order valence-electron chi connectivity index (χ4n) is 5.56. The Hall–Kier alpha value is -5.51. The predicted octanol–water partition coefficient (Wildman–Crippen LogP) is 5.31. The van der Waals surface area contributed by atoms with E-state index in [1.807, 2.05) is 47.9 Å². The van der Waals surface area contributed by atoms with Crippen LogP contribution in [0.2, 0.25) is 0 Å². The molecule has 2 atom stereocenters. The Kier molecular flexibility index (Phi) is 7.57. The standard InChI is InChI=1S/C33H29N7O3/c1-4-43-33(42)30-29(23-8-7-15-34-18-23)28(32(41)39-27-9-5-6-16-36-27)20(2)37-31(30)22-10-12-24(13-11-22)40-21(3)38-25-19-35-17-14-26(25)40/h5-19,28-29H,4H2,1-3H3,(H,36,39,41). The van der Waals surface area contributed by atoms with Crippen molar-refractivity contribution < 1.29 is 14.3 Å². The molecule has 6 rings (SSSR count). The molecule has 10 nitrogen and oxygen atoms in total. The van der Waals surface area contributed by atoms with Crippen molar-refractivity contribution in [3.8, 4) is 5.69 Å². The van der Waals surface area contributed by atoms with Crippen LogP contribution >= 0.6 is 0 Å². The minimum absolute atomic E-state index is 0.170. The number of pyridine rings is 3. The first-order valence-corrected chi connectivity index (χ1v) is 13.9. The van der Waals surface area contributed by atoms with Gasteiger partial charge in [-0.15, -0.1) is 0 Å². The highest BCUT2D eigenvalue weighted by atomic mass is 16.5. The molecule has 2 unspecified atom stereocenters. The monoisotopic (exact) mass is 571 g/mol. The molecule has 43 heavy (non-hydrogen) atoms. The van der Waals surface area contributed by atoms with Crippen LogP contribution in [0.15, 0.2) is 102 Å². The maximum Gasteiger partial charge on any atom is 0.336 e. The molecule has 5 aromatic rings. The minimum atomic E-state index is -0.804. The van der Waals surface area contributed by atoms with Crippen molar-refractivity contribution in [1.82, 2.24) is 24.5 Å². The number of fused-ring (bicyclic) bond motifs is 1. The molecule has 1 aliphatic heterocycles. The number of rotatable bonds is 7. The minimum Gasteiger partial charge on any atom is -0.463 e. The number of benzene rings is 1. The molecule has 1 aliphatic rings. The summed E-state index contributed by atoms with van der Waals surface area (Å²) in [5.41, 5.74) is 5.37. The topological polar surface area (TPSA) is 124 Å². The highest BCUT2D eigenvalue weighted by molar-refractivity contribution is 6.15. The summed E-state index contributed by atoms with van der Waals surface area (Å²) in [5, 5.41) is 2.89. The molecule has 0 radical (unpaired) electrons. The number of nitrogens with one attached hydrogen (secondary N) is 1. The second kappa shape index (κ2) is 11.8. The van der Waals surface area contributed by atoms with Gasteiger partial charge in [0.2, 0.25) is 5.91 Å². The average molecular weight is 572 g/mol. The summed E-state index contributed by atoms with van der Waals surface area (Å²) in [5.74, 6) is -1.13. The van der Waals surface area contributed by atoms with Gasteiger partial charge in [-0.25, -0.2) is 14.8 Å². The summed E-state index contributed by atoms with van der Waals surface area (Å²) in [6.45, 7) is 5.67. The number of nitrogens with zero attached hydrogens (tertiary/aromatic N) is 6. The van der Waals surface area contributed by atoms with Gasteiger partial charge in [0.15, 0.2) is 0 Å². The van der Waals surface area contributed by atoms with Crippen LogP contribution in [0.5, 0.6) is 0 Å². The van der Waals surface area contributed by atoms with Crippen molar-refractivity contribution in [2.24, 2.45) is 10.9 Å². The molecule has 5 heterocycles. The number of ether oxygens (including phenoxy) is 1. The highest BCUT2D eigenvalue weighted by Gasteiger charge is 2.43. The number of aliphatic imine (C=N–C) groups is 1. The van der Waals surface area contributed by atoms with E-state index in [0.29, 0.717) is 33.9 Å². The van der Waals surface area contributed by atoms with E-state index in [2.05, 4.69) is 25.3 Å². The van der Waals surface area contributed by atoms with E-state index in [1.54, 1.807) is 69.1 Å². The second-order valence-corrected chi connectivity index (χ2v) is 10.1. The van der Waals surface area contributed by atoms with Crippen molar-refractivity contribution in [3.63, 3.8) is 0 Å². The lowest BCUT2D eigenvalue weighted by Crippen LogP contribution is -2.38. The van der Waals surface area contributed by atoms with Gasteiger partial charge in [-0.2, -0.15) is 0 Å². The first kappa shape index (κ1) is 27.6. The number of hydrogen-bond donors (Lipinski definition) is 1. The molecule has 1 N–H and O–H groups in total. The molecule has 0 fully saturated rings. The molecule has 0 aliphatic carbocycles. The largest absolute Gasteiger partial charge is 0.463 e. The molecule has 10 heteroatoms. The van der Waals surface area contributed by atoms with Gasteiger partial charge in [0.25, 0.3) is 0 Å². The van der Waals surface area contributed by atoms with Crippen molar-refractivity contribution in [2.75, 3.05) is 11.9 Å². The number of carbonyl (C=O) groups is 2. The predicted molar refractivity (Wildman–Crippen MR) is 164 cm³/mol. The average Bonchev–Trinajstić information content (AvgIpc) is 3.37. The van der Waals surface area contributed by atoms with Crippen molar-refractivity contribution >= 4 is 40.1 Å². The quantitative estimate of drug-likeness (QED) is 0.263. The zero-order valence-corrected chi connectivity index (χ0v) is 23.9. The van der Waals surface area contributed by atoms with E-state index < -0.39 is 17.8 Å². The molecule has 4 aromatic heterocycles. The van der Waals surface area contributed by atoms with Gasteiger partial charge in [0, 0.05) is 47.7 Å². The van der Waals surface area contributed by atoms with Crippen LogP contribution in [-0.2, 0) is 14.3 Å². The normalized spacial score (nSPS) is 16.6. The number of imidazole rings is 1. The Morgan fingerprint density at radius 1 is 0.930 bits per heavy atom. The summed E-state index contributed by atoms with van der Waals surface area (Å²) in [6, 6.07) is 18.6. The van der Waals surface area contributed by atoms with E-state index in [9.17, 15) is 9.59 Å². The number of aromatic nitrogens is 5. The van der Waals surface area contributed by atoms with Crippen molar-refractivity contribution in [3.05, 3.63) is 114 Å². The first-order valence-electron chi connectivity index (χ1n) is 13.9. The second-order valence-electron chi connectivity index (χ2n) is 10.1. The molecule has 1 amide bonds. The maximum atomic E-state index is 13.8. The Bertz CT molecular complexity index is 1860. The number of carbonyl (C=O) groups excluding carboxylic acids is 2. The molecule has 0 saturated carbocycles. The summed E-state index contributed by atoms with van der Waals surface area (Å²) < 4.78 is 7.61. The van der Waals surface area contributed by atoms with Crippen LogP contribution in [0.25, 0.3) is 22.4 Å². The van der Waals surface area contributed by atoms with Crippen LogP contribution in [0, 0.1) is 12.8 Å². The summed E-state index contributed by atoms with van der Waals surface area (Å²) in [4.78, 5) is 49.7. The lowest BCUT2D eigenvalue weighted by molar-refractivity contribution is -0.138. The Balaban J connectivity index is 1.48. The molecule has 214 valence electrons. The Morgan fingerprint density at radius 3 is 2.47 bits per heavy atom. The van der Waals surface area contributed by atoms with Crippen LogP contribution in [0.4, 0.5) is 5.82 Å². The molecule has 0 spiro atoms. The summed E-state index contributed by atoms with van der Waals surface area (Å²) >= 11 is 0. The maximum absolute atomic E-state index is 13.8. The molecule has 1 aromatic carbocycles. The SMILES string of the molecule is CCOC(=O)C1=C(c2ccc(-n3c(C)nc4cnccc43)cc2)N=C(C)C(C(=O)Nc2ccccn2)C1c1cccnc1. The lowest BCUT2D eigenvalue weighted by Gasteiger charge is -2.32. The first-order chi connectivity index (χ1) is 21.0. The van der Waals surface area contributed by atoms with Gasteiger partial charge in [-0.1, -0.05) is 24.3 Å². The highest BCUT2D eigenvalue weighted by Crippen LogP contribution is 2.43. The lowest BCUT2D eigenvalue weighted by atomic mass is 9.74. The number of esters is 1. The number of amides is 1. The molecular formula is C33H29N7O3. The van der Waals surface area contributed by atoms with Crippen molar-refractivity contribution in [1.29, 1.82) is 0 Å². The fraction of sp³-hybridized carbons (Fsp3) is 0.182. The zero-order chi connectivity index (χ0) is 29.9. The van der Waals surface area contributed by atoms with Gasteiger partial charge < -0.3 is 10.1 Å². The van der Waals surface area contributed by atoms with E-state index >= 15 is 0 Å². The smallest absolute Gasteiger partial charge is 0.336 e. The van der Waals surface area contributed by atoms with Crippen LogP contribution in [0.1, 0.15) is 36.7 Å². The molecular weight excluding hydrogens is 542 g/mol. The third-order valence-corrected chi connectivity index (χ3v) is 7.40. The number of hydrogen-bond acceptors (Lipinski definition) is 8. The van der Waals surface area contributed by atoms with E-state index in [4.69, 9.17) is 9.73 Å². The van der Waals surface area contributed by atoms with Crippen molar-refractivity contribution in [2.45, 2.75) is 26.7 Å². The van der Waals surface area contributed by atoms with Gasteiger partial charge in [0.05, 0.1) is 35.5 Å². The van der Waals surface area contributed by atoms with Crippen LogP contribution in [0.3, 0.4) is 0 Å². The van der Waals surface area contributed by atoms with Gasteiger partial charge >= 0.3 is 5.97 Å². The third-order valence-electron chi connectivity index (χ3n) is 7.40. The van der Waals surface area contributed by atoms with Gasteiger partial charge in [-0.3, -0.25) is 24.3 Å². The summed E-state index contributed by atoms with van der Waals surface area (Å²) in [7, 11) is 0. The van der Waals surface area contributed by atoms with E-state index in [1.165, 1.54) is 0 Å². The summed E-state index contributed by atoms with van der Waals surface area (Å²) in [6.07, 6.45) is 8.41. The Labute approximate surface area is 248 Å². The Morgan fingerprint density at radius 2 is 1.74 bits per heavy atom. The third kappa shape index (κ3) is 5.30. The number of anilines is 1. The van der Waals surface area contributed by atoms with Crippen LogP contribution in [-0.4, -0.2) is 48.7 Å². The van der Waals surface area contributed by atoms with Gasteiger partial charge in [-0.05, 0) is 62.7 Å². The zero-order valence-electron chi connectivity index (χ0n) is 23.9. The molecule has 0 saturated heterocycles. The fourth-order valence-corrected chi connectivity index (χ4v) is 5.56. The van der Waals surface area contributed by atoms with Crippen LogP contribution < -0.4 is 5.32 Å². The van der Waals surface area contributed by atoms with Gasteiger partial charge in [0.1, 0.15) is 17.2 Å².